The van der Waals surface area contributed by atoms with Crippen LogP contribution in [0.1, 0.15) is 18.1 Å². The molecular weight excluding hydrogens is 424 g/mol. The van der Waals surface area contributed by atoms with E-state index in [2.05, 4.69) is 15.9 Å². The summed E-state index contributed by atoms with van der Waals surface area (Å²) >= 11 is 3.45. The van der Waals surface area contributed by atoms with Gasteiger partial charge in [0.1, 0.15) is 17.7 Å². The third-order valence-electron chi connectivity index (χ3n) is 4.85. The fourth-order valence-electron chi connectivity index (χ4n) is 3.78. The lowest BCUT2D eigenvalue weighted by molar-refractivity contribution is -0.142. The van der Waals surface area contributed by atoms with E-state index in [0.29, 0.717) is 15.7 Å². The Labute approximate surface area is 162 Å². The maximum atomic E-state index is 14.0. The highest BCUT2D eigenvalue weighted by Gasteiger charge is 2.58. The van der Waals surface area contributed by atoms with Crippen molar-refractivity contribution in [2.24, 2.45) is 0 Å². The summed E-state index contributed by atoms with van der Waals surface area (Å²) in [4.78, 5) is 26.6. The zero-order valence-corrected chi connectivity index (χ0v) is 15.8. The van der Waals surface area contributed by atoms with Crippen LogP contribution < -0.4 is 9.64 Å². The molecule has 5 nitrogen and oxygen atoms in total. The van der Waals surface area contributed by atoms with Gasteiger partial charge >= 0.3 is 11.9 Å². The molecule has 1 unspecified atom stereocenters. The molecule has 0 fully saturated rings. The first-order chi connectivity index (χ1) is 12.9. The topological polar surface area (TPSA) is 55.8 Å². The number of ether oxygens (including phenoxy) is 2. The van der Waals surface area contributed by atoms with Crippen LogP contribution >= 0.6 is 15.9 Å². The van der Waals surface area contributed by atoms with Gasteiger partial charge in [-0.1, -0.05) is 22.0 Å². The molecule has 0 aliphatic carbocycles. The van der Waals surface area contributed by atoms with Gasteiger partial charge in [-0.05, 0) is 25.1 Å². The molecule has 2 aliphatic rings. The average Bonchev–Trinajstić information content (AvgIpc) is 3.07. The smallest absolute Gasteiger partial charge is 0.328 e. The number of esters is 2. The number of carbonyl (C=O) groups excluding carboxylic acids is 2. The molecule has 27 heavy (non-hydrogen) atoms. The minimum atomic E-state index is -1.36. The zero-order chi connectivity index (χ0) is 19.3. The maximum absolute atomic E-state index is 14.0. The monoisotopic (exact) mass is 437 g/mol. The van der Waals surface area contributed by atoms with Crippen molar-refractivity contribution in [1.82, 2.24) is 0 Å². The Morgan fingerprint density at radius 3 is 2.81 bits per heavy atom. The summed E-state index contributed by atoms with van der Waals surface area (Å²) in [5, 5.41) is 0. The molecule has 0 bridgehead atoms. The second-order valence-corrected chi connectivity index (χ2v) is 7.21. The van der Waals surface area contributed by atoms with E-state index < -0.39 is 29.0 Å². The first-order valence-electron chi connectivity index (χ1n) is 8.30. The number of rotatable bonds is 3. The number of hydrogen-bond acceptors (Lipinski definition) is 5. The quantitative estimate of drug-likeness (QED) is 0.544. The Kier molecular flexibility index (Phi) is 4.18. The molecule has 0 amide bonds. The molecule has 2 heterocycles. The summed E-state index contributed by atoms with van der Waals surface area (Å²) < 4.78 is 38.5. The van der Waals surface area contributed by atoms with Crippen LogP contribution in [-0.4, -0.2) is 31.6 Å². The molecule has 0 saturated carbocycles. The van der Waals surface area contributed by atoms with E-state index >= 15 is 0 Å². The summed E-state index contributed by atoms with van der Waals surface area (Å²) in [5.74, 6) is -3.26. The largest absolute Gasteiger partial charge is 0.465 e. The highest BCUT2D eigenvalue weighted by molar-refractivity contribution is 9.10. The third-order valence-corrected chi connectivity index (χ3v) is 5.51. The SMILES string of the molecule is CCOC(=O)CN1CC2(C(=O)Oc3cc(F)c(F)cc32)c2c(Br)cccc21. The number of benzene rings is 2. The molecule has 1 spiro atoms. The molecule has 8 heteroatoms. The first-order valence-corrected chi connectivity index (χ1v) is 9.09. The van der Waals surface area contributed by atoms with Crippen molar-refractivity contribution in [3.05, 3.63) is 57.6 Å². The number of anilines is 1. The predicted octanol–water partition coefficient (Wildman–Crippen LogP) is 3.32. The summed E-state index contributed by atoms with van der Waals surface area (Å²) in [6, 6.07) is 7.15. The van der Waals surface area contributed by atoms with Gasteiger partial charge in [0, 0.05) is 33.9 Å². The van der Waals surface area contributed by atoms with Crippen LogP contribution in [0.3, 0.4) is 0 Å². The minimum absolute atomic E-state index is 0.0152. The molecule has 4 rings (SSSR count). The summed E-state index contributed by atoms with van der Waals surface area (Å²) in [6.45, 7) is 1.92. The van der Waals surface area contributed by atoms with Crippen molar-refractivity contribution >= 4 is 33.6 Å². The second-order valence-electron chi connectivity index (χ2n) is 6.35. The van der Waals surface area contributed by atoms with E-state index in [4.69, 9.17) is 9.47 Å². The highest BCUT2D eigenvalue weighted by Crippen LogP contribution is 2.54. The van der Waals surface area contributed by atoms with Gasteiger partial charge in [0.15, 0.2) is 11.6 Å². The van der Waals surface area contributed by atoms with E-state index in [9.17, 15) is 18.4 Å². The maximum Gasteiger partial charge on any atom is 0.328 e. The standard InChI is InChI=1S/C19H14BrF2NO4/c1-2-26-16(24)8-23-9-19(17-11(20)4-3-5-14(17)23)10-6-12(21)13(22)7-15(10)27-18(19)25/h3-7H,2,8-9H2,1H3. The Hall–Kier alpha value is -2.48. The number of hydrogen-bond donors (Lipinski definition) is 0. The van der Waals surface area contributed by atoms with E-state index in [1.807, 2.05) is 0 Å². The Bertz CT molecular complexity index is 980. The van der Waals surface area contributed by atoms with Gasteiger partial charge in [-0.2, -0.15) is 0 Å². The van der Waals surface area contributed by atoms with Crippen LogP contribution in [0.5, 0.6) is 5.75 Å². The lowest BCUT2D eigenvalue weighted by Crippen LogP contribution is -2.42. The highest BCUT2D eigenvalue weighted by atomic mass is 79.9. The van der Waals surface area contributed by atoms with Crippen LogP contribution in [0.25, 0.3) is 0 Å². The molecule has 0 radical (unpaired) electrons. The molecular formula is C19H14BrF2NO4. The van der Waals surface area contributed by atoms with Crippen LogP contribution in [0, 0.1) is 11.6 Å². The van der Waals surface area contributed by atoms with E-state index in [1.54, 1.807) is 30.0 Å². The number of nitrogens with zero attached hydrogens (tertiary/aromatic N) is 1. The van der Waals surface area contributed by atoms with Crippen molar-refractivity contribution in [2.45, 2.75) is 12.3 Å². The van der Waals surface area contributed by atoms with Crippen molar-refractivity contribution < 1.29 is 27.8 Å². The Morgan fingerprint density at radius 1 is 1.33 bits per heavy atom. The first kappa shape index (κ1) is 17.9. The van der Waals surface area contributed by atoms with Crippen LogP contribution in [0.4, 0.5) is 14.5 Å². The fraction of sp³-hybridized carbons (Fsp3) is 0.263. The van der Waals surface area contributed by atoms with Crippen molar-refractivity contribution in [3.63, 3.8) is 0 Å². The summed E-state index contributed by atoms with van der Waals surface area (Å²) in [6.07, 6.45) is 0. The van der Waals surface area contributed by atoms with Gasteiger partial charge < -0.3 is 14.4 Å². The third kappa shape index (κ3) is 2.54. The summed E-state index contributed by atoms with van der Waals surface area (Å²) in [5.41, 5.74) is 0.0770. The van der Waals surface area contributed by atoms with Crippen molar-refractivity contribution in [3.8, 4) is 5.75 Å². The molecule has 0 saturated heterocycles. The molecule has 1 atom stereocenters. The van der Waals surface area contributed by atoms with Gasteiger partial charge in [0.2, 0.25) is 0 Å². The Morgan fingerprint density at radius 2 is 2.07 bits per heavy atom. The average molecular weight is 438 g/mol. The van der Waals surface area contributed by atoms with Crippen molar-refractivity contribution in [1.29, 1.82) is 0 Å². The molecule has 2 aliphatic heterocycles. The summed E-state index contributed by atoms with van der Waals surface area (Å²) in [7, 11) is 0. The van der Waals surface area contributed by atoms with Gasteiger partial charge in [0.05, 0.1) is 6.61 Å². The van der Waals surface area contributed by atoms with E-state index in [0.717, 1.165) is 12.1 Å². The molecule has 140 valence electrons. The minimum Gasteiger partial charge on any atom is -0.465 e. The van der Waals surface area contributed by atoms with E-state index in [-0.39, 0.29) is 31.0 Å². The number of fused-ring (bicyclic) bond motifs is 4. The van der Waals surface area contributed by atoms with Gasteiger partial charge in [-0.3, -0.25) is 9.59 Å². The van der Waals surface area contributed by atoms with Crippen LogP contribution in [-0.2, 0) is 19.7 Å². The molecule has 0 N–H and O–H groups in total. The van der Waals surface area contributed by atoms with Gasteiger partial charge in [0.25, 0.3) is 0 Å². The van der Waals surface area contributed by atoms with Crippen LogP contribution in [0.15, 0.2) is 34.8 Å². The lowest BCUT2D eigenvalue weighted by atomic mass is 9.77. The molecule has 2 aromatic carbocycles. The van der Waals surface area contributed by atoms with Crippen molar-refractivity contribution in [2.75, 3.05) is 24.6 Å². The zero-order valence-electron chi connectivity index (χ0n) is 14.2. The normalized spacial score (nSPS) is 19.9. The Balaban J connectivity index is 1.90. The fourth-order valence-corrected chi connectivity index (χ4v) is 4.48. The lowest BCUT2D eigenvalue weighted by Gasteiger charge is -2.23. The predicted molar refractivity (Wildman–Crippen MR) is 95.8 cm³/mol. The number of carbonyl (C=O) groups is 2. The van der Waals surface area contributed by atoms with E-state index in [1.165, 1.54) is 0 Å². The number of halogens is 3. The molecule has 0 aromatic heterocycles. The second kappa shape index (κ2) is 6.30. The molecule has 2 aromatic rings. The van der Waals surface area contributed by atoms with Gasteiger partial charge in [-0.15, -0.1) is 0 Å². The van der Waals surface area contributed by atoms with Gasteiger partial charge in [-0.25, -0.2) is 8.78 Å². The van der Waals surface area contributed by atoms with Crippen LogP contribution in [0.2, 0.25) is 0 Å².